The predicted molar refractivity (Wildman–Crippen MR) is 85.7 cm³/mol. The minimum absolute atomic E-state index is 0.0388. The molecule has 0 spiro atoms. The summed E-state index contributed by atoms with van der Waals surface area (Å²) in [5.74, 6) is 0.707. The van der Waals surface area contributed by atoms with Gasteiger partial charge in [0.25, 0.3) is 0 Å². The molecule has 8 heteroatoms. The highest BCUT2D eigenvalue weighted by Crippen LogP contribution is 2.38. The van der Waals surface area contributed by atoms with Gasteiger partial charge in [0, 0.05) is 11.4 Å². The topological polar surface area (TPSA) is 46.2 Å². The molecule has 1 aromatic heterocycles. The molecule has 20 heavy (non-hydrogen) atoms. The van der Waals surface area contributed by atoms with E-state index in [4.69, 9.17) is 34.8 Å². The molecular formula is C12H16Cl3NO2S2. The van der Waals surface area contributed by atoms with Gasteiger partial charge in [-0.05, 0) is 24.8 Å². The molecular weight excluding hydrogens is 361 g/mol. The van der Waals surface area contributed by atoms with Crippen LogP contribution in [0.25, 0.3) is 0 Å². The van der Waals surface area contributed by atoms with E-state index in [1.165, 1.54) is 6.07 Å². The Morgan fingerprint density at radius 1 is 1.50 bits per heavy atom. The lowest BCUT2D eigenvalue weighted by Gasteiger charge is -2.38. The normalized spacial score (nSPS) is 27.7. The van der Waals surface area contributed by atoms with Gasteiger partial charge in [-0.1, -0.05) is 43.0 Å². The van der Waals surface area contributed by atoms with Crippen LogP contribution in [0, 0.1) is 5.92 Å². The highest BCUT2D eigenvalue weighted by Gasteiger charge is 2.39. The minimum atomic E-state index is -3.70. The Labute approximate surface area is 138 Å². The highest BCUT2D eigenvalue weighted by molar-refractivity contribution is 7.89. The number of sulfonamides is 1. The first-order valence-electron chi connectivity index (χ1n) is 6.33. The van der Waals surface area contributed by atoms with Crippen LogP contribution >= 0.6 is 46.1 Å². The molecule has 1 aliphatic carbocycles. The summed E-state index contributed by atoms with van der Waals surface area (Å²) in [6, 6.07) is 1.38. The lowest BCUT2D eigenvalue weighted by atomic mass is 9.78. The van der Waals surface area contributed by atoms with E-state index in [1.807, 2.05) is 0 Å². The van der Waals surface area contributed by atoms with E-state index in [1.54, 1.807) is 0 Å². The number of hydrogen-bond donors (Lipinski definition) is 1. The first kappa shape index (κ1) is 16.8. The van der Waals surface area contributed by atoms with Gasteiger partial charge in [-0.25, -0.2) is 13.1 Å². The number of halogens is 3. The first-order valence-corrected chi connectivity index (χ1v) is 9.92. The third-order valence-corrected chi connectivity index (χ3v) is 7.46. The lowest BCUT2D eigenvalue weighted by molar-refractivity contribution is 0.239. The van der Waals surface area contributed by atoms with Crippen LogP contribution in [0.4, 0.5) is 0 Å². The Kier molecular flexibility index (Phi) is 5.31. The molecule has 3 nitrogen and oxygen atoms in total. The fourth-order valence-electron chi connectivity index (χ4n) is 2.75. The predicted octanol–water partition coefficient (Wildman–Crippen LogP) is 4.52. The molecule has 0 aromatic carbocycles. The van der Waals surface area contributed by atoms with Crippen LogP contribution in [0.1, 0.15) is 32.6 Å². The molecule has 2 atom stereocenters. The third-order valence-electron chi connectivity index (χ3n) is 3.61. The smallest absolute Gasteiger partial charge is 0.207 e. The van der Waals surface area contributed by atoms with E-state index in [0.29, 0.717) is 10.3 Å². The number of rotatable bonds is 4. The van der Waals surface area contributed by atoms with Crippen molar-refractivity contribution < 1.29 is 8.42 Å². The van der Waals surface area contributed by atoms with Crippen molar-refractivity contribution in [1.82, 2.24) is 4.72 Å². The highest BCUT2D eigenvalue weighted by atomic mass is 35.5. The van der Waals surface area contributed by atoms with E-state index in [0.717, 1.165) is 37.0 Å². The van der Waals surface area contributed by atoms with Crippen LogP contribution in [-0.2, 0) is 10.0 Å². The lowest BCUT2D eigenvalue weighted by Crippen LogP contribution is -2.52. The molecule has 1 aliphatic rings. The molecule has 1 heterocycles. The van der Waals surface area contributed by atoms with Crippen molar-refractivity contribution in [2.75, 3.05) is 5.88 Å². The summed E-state index contributed by atoms with van der Waals surface area (Å²) in [6.45, 7) is 2.11. The van der Waals surface area contributed by atoms with E-state index < -0.39 is 15.6 Å². The van der Waals surface area contributed by atoms with Crippen LogP contribution in [-0.4, -0.2) is 19.8 Å². The summed E-state index contributed by atoms with van der Waals surface area (Å²) in [5.41, 5.74) is -0.588. The van der Waals surface area contributed by atoms with E-state index in [9.17, 15) is 8.42 Å². The Balaban J connectivity index is 2.28. The molecule has 1 aromatic rings. The first-order chi connectivity index (χ1) is 9.28. The number of thiophene rings is 1. The molecule has 0 aliphatic heterocycles. The van der Waals surface area contributed by atoms with Crippen LogP contribution in [0.5, 0.6) is 0 Å². The molecule has 0 radical (unpaired) electrons. The Morgan fingerprint density at radius 3 is 2.70 bits per heavy atom. The van der Waals surface area contributed by atoms with Gasteiger partial charge in [0.1, 0.15) is 9.23 Å². The van der Waals surface area contributed by atoms with Crippen molar-refractivity contribution in [3.05, 3.63) is 14.7 Å². The second-order valence-electron chi connectivity index (χ2n) is 5.41. The quantitative estimate of drug-likeness (QED) is 0.785. The largest absolute Gasteiger partial charge is 0.243 e. The van der Waals surface area contributed by atoms with Gasteiger partial charge in [-0.15, -0.1) is 22.9 Å². The number of nitrogens with one attached hydrogen (secondary N) is 1. The summed E-state index contributed by atoms with van der Waals surface area (Å²) in [4.78, 5) is 0.0388. The summed E-state index contributed by atoms with van der Waals surface area (Å²) in [6.07, 6.45) is 3.56. The van der Waals surface area contributed by atoms with Gasteiger partial charge in [0.05, 0.1) is 4.34 Å². The molecule has 0 saturated heterocycles. The van der Waals surface area contributed by atoms with E-state index >= 15 is 0 Å². The average molecular weight is 377 g/mol. The average Bonchev–Trinajstić information content (AvgIpc) is 2.69. The van der Waals surface area contributed by atoms with Gasteiger partial charge in [0.15, 0.2) is 0 Å². The molecule has 1 fully saturated rings. The van der Waals surface area contributed by atoms with Crippen LogP contribution in [0.2, 0.25) is 8.67 Å². The van der Waals surface area contributed by atoms with Gasteiger partial charge in [0.2, 0.25) is 10.0 Å². The number of hydrogen-bond acceptors (Lipinski definition) is 3. The second kappa shape index (κ2) is 6.31. The maximum absolute atomic E-state index is 12.5. The van der Waals surface area contributed by atoms with E-state index in [2.05, 4.69) is 11.6 Å². The zero-order chi connectivity index (χ0) is 15.0. The SMILES string of the molecule is CC1CCCC(CCl)(NS(=O)(=O)c2cc(Cl)sc2Cl)C1. The zero-order valence-corrected chi connectivity index (χ0v) is 14.9. The van der Waals surface area contributed by atoms with Crippen LogP contribution < -0.4 is 4.72 Å². The fraction of sp³-hybridized carbons (Fsp3) is 0.667. The van der Waals surface area contributed by atoms with Crippen LogP contribution in [0.15, 0.2) is 11.0 Å². The van der Waals surface area contributed by atoms with Crippen molar-refractivity contribution in [3.8, 4) is 0 Å². The Morgan fingerprint density at radius 2 is 2.20 bits per heavy atom. The van der Waals surface area contributed by atoms with Crippen molar-refractivity contribution in [2.24, 2.45) is 5.92 Å². The van der Waals surface area contributed by atoms with Crippen molar-refractivity contribution in [1.29, 1.82) is 0 Å². The van der Waals surface area contributed by atoms with Gasteiger partial charge in [-0.3, -0.25) is 0 Å². The summed E-state index contributed by atoms with van der Waals surface area (Å²) < 4.78 is 28.3. The van der Waals surface area contributed by atoms with Gasteiger partial charge in [-0.2, -0.15) is 0 Å². The minimum Gasteiger partial charge on any atom is -0.207 e. The van der Waals surface area contributed by atoms with Crippen molar-refractivity contribution in [2.45, 2.75) is 43.0 Å². The molecule has 1 saturated carbocycles. The monoisotopic (exact) mass is 375 g/mol. The maximum atomic E-state index is 12.5. The molecule has 0 bridgehead atoms. The Bertz CT molecular complexity index is 588. The summed E-state index contributed by atoms with van der Waals surface area (Å²) >= 11 is 18.9. The summed E-state index contributed by atoms with van der Waals surface area (Å²) in [7, 11) is -3.70. The molecule has 114 valence electrons. The third kappa shape index (κ3) is 3.62. The van der Waals surface area contributed by atoms with Gasteiger partial charge < -0.3 is 0 Å². The standard InChI is InChI=1S/C12H16Cl3NO2S2/c1-8-3-2-4-12(6-8,7-13)16-20(17,18)9-5-10(14)19-11(9)15/h5,8,16H,2-4,6-7H2,1H3. The molecule has 2 rings (SSSR count). The molecule has 2 unspecified atom stereocenters. The van der Waals surface area contributed by atoms with Crippen LogP contribution in [0.3, 0.4) is 0 Å². The van der Waals surface area contributed by atoms with Crippen molar-refractivity contribution >= 4 is 56.2 Å². The van der Waals surface area contributed by atoms with Crippen molar-refractivity contribution in [3.63, 3.8) is 0 Å². The summed E-state index contributed by atoms with van der Waals surface area (Å²) in [5, 5.41) is 0. The molecule has 1 N–H and O–H groups in total. The second-order valence-corrected chi connectivity index (χ2v) is 9.61. The molecule has 0 amide bonds. The zero-order valence-electron chi connectivity index (χ0n) is 11.0. The Hall–Kier alpha value is 0.480. The maximum Gasteiger partial charge on any atom is 0.243 e. The van der Waals surface area contributed by atoms with Gasteiger partial charge >= 0.3 is 0 Å². The number of alkyl halides is 1. The fourth-order valence-corrected chi connectivity index (χ4v) is 6.73. The van der Waals surface area contributed by atoms with E-state index in [-0.39, 0.29) is 15.1 Å².